The molecule has 0 unspecified atom stereocenters. The maximum Gasteiger partial charge on any atom is 0.172 e. The van der Waals surface area contributed by atoms with E-state index in [1.807, 2.05) is 13.0 Å². The number of hydrogen-bond donors (Lipinski definition) is 2. The van der Waals surface area contributed by atoms with Crippen LogP contribution in [0.4, 0.5) is 5.82 Å². The van der Waals surface area contributed by atoms with Gasteiger partial charge >= 0.3 is 0 Å². The van der Waals surface area contributed by atoms with Crippen LogP contribution in [0.25, 0.3) is 0 Å². The molecule has 0 saturated carbocycles. The van der Waals surface area contributed by atoms with E-state index < -0.39 is 0 Å². The summed E-state index contributed by atoms with van der Waals surface area (Å²) in [5, 5.41) is 7.38. The number of aryl methyl sites for hydroxylation is 2. The van der Waals surface area contributed by atoms with Gasteiger partial charge in [0.15, 0.2) is 5.11 Å². The fraction of sp³-hybridized carbons (Fsp3) is 0.200. The normalized spacial score (nSPS) is 10.2. The maximum absolute atomic E-state index is 5.93. The molecule has 0 aliphatic heterocycles. The summed E-state index contributed by atoms with van der Waals surface area (Å²) >= 11 is 11.2. The Kier molecular flexibility index (Phi) is 4.93. The fourth-order valence-electron chi connectivity index (χ4n) is 1.66. The lowest BCUT2D eigenvalue weighted by Gasteiger charge is -2.11. The molecule has 1 aromatic heterocycles. The Morgan fingerprint density at radius 3 is 2.60 bits per heavy atom. The molecule has 0 aliphatic rings. The van der Waals surface area contributed by atoms with Gasteiger partial charge in [0, 0.05) is 12.7 Å². The minimum Gasteiger partial charge on any atom is -0.358 e. The zero-order valence-electron chi connectivity index (χ0n) is 11.4. The smallest absolute Gasteiger partial charge is 0.172 e. The number of hydrogen-bond acceptors (Lipinski definition) is 2. The van der Waals surface area contributed by atoms with Crippen LogP contribution in [0.1, 0.15) is 16.7 Å². The molecule has 1 heterocycles. The van der Waals surface area contributed by atoms with Crippen molar-refractivity contribution in [2.45, 2.75) is 20.4 Å². The predicted molar refractivity (Wildman–Crippen MR) is 88.2 cm³/mol. The third-order valence-electron chi connectivity index (χ3n) is 2.86. The van der Waals surface area contributed by atoms with Crippen molar-refractivity contribution in [3.8, 4) is 0 Å². The topological polar surface area (TPSA) is 37.0 Å². The van der Waals surface area contributed by atoms with E-state index in [4.69, 9.17) is 23.8 Å². The van der Waals surface area contributed by atoms with Gasteiger partial charge in [-0.05, 0) is 43.3 Å². The number of thiocarbonyl (C=S) groups is 1. The van der Waals surface area contributed by atoms with Crippen molar-refractivity contribution in [2.24, 2.45) is 0 Å². The lowest BCUT2D eigenvalue weighted by molar-refractivity contribution is 0.924. The second-order valence-corrected chi connectivity index (χ2v) is 5.43. The minimum absolute atomic E-state index is 0.541. The molecule has 5 heteroatoms. The zero-order valence-corrected chi connectivity index (χ0v) is 13.0. The Labute approximate surface area is 129 Å². The van der Waals surface area contributed by atoms with Gasteiger partial charge in [-0.2, -0.15) is 0 Å². The molecule has 0 saturated heterocycles. The van der Waals surface area contributed by atoms with Crippen molar-refractivity contribution >= 4 is 34.7 Å². The van der Waals surface area contributed by atoms with Gasteiger partial charge in [0.05, 0.1) is 5.02 Å². The van der Waals surface area contributed by atoms with E-state index in [-0.39, 0.29) is 0 Å². The van der Waals surface area contributed by atoms with Crippen LogP contribution in [0.3, 0.4) is 0 Å². The summed E-state index contributed by atoms with van der Waals surface area (Å²) in [6, 6.07) is 10.2. The minimum atomic E-state index is 0.541. The SMILES string of the molecule is Cc1ccc(CNC(=S)Nc2cc(C)c(Cl)cn2)cc1. The first kappa shape index (κ1) is 14.8. The number of nitrogens with one attached hydrogen (secondary N) is 2. The van der Waals surface area contributed by atoms with Crippen molar-refractivity contribution < 1.29 is 0 Å². The molecule has 20 heavy (non-hydrogen) atoms. The summed E-state index contributed by atoms with van der Waals surface area (Å²) in [6.45, 7) is 4.68. The van der Waals surface area contributed by atoms with Crippen LogP contribution in [-0.4, -0.2) is 10.1 Å². The first-order chi connectivity index (χ1) is 9.54. The van der Waals surface area contributed by atoms with E-state index in [0.29, 0.717) is 22.5 Å². The Bertz CT molecular complexity index is 611. The van der Waals surface area contributed by atoms with E-state index in [1.165, 1.54) is 11.1 Å². The molecule has 2 rings (SSSR count). The van der Waals surface area contributed by atoms with Gasteiger partial charge in [0.2, 0.25) is 0 Å². The van der Waals surface area contributed by atoms with Crippen molar-refractivity contribution in [3.63, 3.8) is 0 Å². The number of anilines is 1. The highest BCUT2D eigenvalue weighted by atomic mass is 35.5. The largest absolute Gasteiger partial charge is 0.358 e. The summed E-state index contributed by atoms with van der Waals surface area (Å²) in [6.07, 6.45) is 1.61. The third kappa shape index (κ3) is 4.18. The second-order valence-electron chi connectivity index (χ2n) is 4.61. The molecule has 2 aromatic rings. The van der Waals surface area contributed by atoms with Gasteiger partial charge in [-0.1, -0.05) is 41.4 Å². The standard InChI is InChI=1S/C15H16ClN3S/c1-10-3-5-12(6-4-10)8-18-15(20)19-14-7-11(2)13(16)9-17-14/h3-7,9H,8H2,1-2H3,(H2,17,18,19,20). The quantitative estimate of drug-likeness (QED) is 0.845. The molecular formula is C15H16ClN3S. The van der Waals surface area contributed by atoms with Crippen LogP contribution in [0.2, 0.25) is 5.02 Å². The number of benzene rings is 1. The molecule has 104 valence electrons. The Morgan fingerprint density at radius 2 is 1.95 bits per heavy atom. The van der Waals surface area contributed by atoms with Crippen molar-refractivity contribution in [1.82, 2.24) is 10.3 Å². The molecule has 0 spiro atoms. The van der Waals surface area contributed by atoms with Crippen LogP contribution >= 0.6 is 23.8 Å². The summed E-state index contributed by atoms with van der Waals surface area (Å²) in [5.41, 5.74) is 3.39. The number of halogens is 1. The summed E-state index contributed by atoms with van der Waals surface area (Å²) in [7, 11) is 0. The maximum atomic E-state index is 5.93. The molecule has 0 fully saturated rings. The van der Waals surface area contributed by atoms with Crippen LogP contribution in [0.15, 0.2) is 36.5 Å². The van der Waals surface area contributed by atoms with E-state index in [0.717, 1.165) is 5.56 Å². The van der Waals surface area contributed by atoms with Crippen molar-refractivity contribution in [2.75, 3.05) is 5.32 Å². The second kappa shape index (κ2) is 6.68. The summed E-state index contributed by atoms with van der Waals surface area (Å²) in [4.78, 5) is 4.18. The molecule has 0 atom stereocenters. The number of aromatic nitrogens is 1. The van der Waals surface area contributed by atoms with Gasteiger partial charge in [-0.3, -0.25) is 0 Å². The molecular weight excluding hydrogens is 290 g/mol. The number of nitrogens with zero attached hydrogens (tertiary/aromatic N) is 1. The lowest BCUT2D eigenvalue weighted by atomic mass is 10.1. The van der Waals surface area contributed by atoms with Crippen LogP contribution in [0.5, 0.6) is 0 Å². The van der Waals surface area contributed by atoms with E-state index in [2.05, 4.69) is 46.8 Å². The van der Waals surface area contributed by atoms with E-state index >= 15 is 0 Å². The van der Waals surface area contributed by atoms with Gasteiger partial charge < -0.3 is 10.6 Å². The van der Waals surface area contributed by atoms with Crippen molar-refractivity contribution in [3.05, 3.63) is 58.2 Å². The van der Waals surface area contributed by atoms with Gasteiger partial charge in [-0.25, -0.2) is 4.98 Å². The molecule has 1 aromatic carbocycles. The van der Waals surface area contributed by atoms with Gasteiger partial charge in [0.1, 0.15) is 5.82 Å². The summed E-state index contributed by atoms with van der Waals surface area (Å²) in [5.74, 6) is 0.688. The van der Waals surface area contributed by atoms with Crippen LogP contribution in [0, 0.1) is 13.8 Å². The molecule has 0 aliphatic carbocycles. The third-order valence-corrected chi connectivity index (χ3v) is 3.50. The first-order valence-corrected chi connectivity index (χ1v) is 7.06. The Morgan fingerprint density at radius 1 is 1.25 bits per heavy atom. The van der Waals surface area contributed by atoms with Gasteiger partial charge in [0.25, 0.3) is 0 Å². The van der Waals surface area contributed by atoms with Crippen molar-refractivity contribution in [1.29, 1.82) is 0 Å². The fourth-order valence-corrected chi connectivity index (χ4v) is 1.94. The zero-order chi connectivity index (χ0) is 14.5. The average molecular weight is 306 g/mol. The number of rotatable bonds is 3. The highest BCUT2D eigenvalue weighted by molar-refractivity contribution is 7.80. The lowest BCUT2D eigenvalue weighted by Crippen LogP contribution is -2.28. The first-order valence-electron chi connectivity index (χ1n) is 6.27. The molecule has 3 nitrogen and oxygen atoms in total. The molecule has 2 N–H and O–H groups in total. The van der Waals surface area contributed by atoms with E-state index in [1.54, 1.807) is 6.20 Å². The highest BCUT2D eigenvalue weighted by Gasteiger charge is 2.02. The molecule has 0 radical (unpaired) electrons. The molecule has 0 amide bonds. The number of pyridine rings is 1. The Balaban J connectivity index is 1.89. The van der Waals surface area contributed by atoms with E-state index in [9.17, 15) is 0 Å². The average Bonchev–Trinajstić information content (AvgIpc) is 2.42. The van der Waals surface area contributed by atoms with Crippen LogP contribution < -0.4 is 10.6 Å². The Hall–Kier alpha value is -1.65. The predicted octanol–water partition coefficient (Wildman–Crippen LogP) is 3.84. The monoisotopic (exact) mass is 305 g/mol. The van der Waals surface area contributed by atoms with Crippen LogP contribution in [-0.2, 0) is 6.54 Å². The summed E-state index contributed by atoms with van der Waals surface area (Å²) < 4.78 is 0. The van der Waals surface area contributed by atoms with Gasteiger partial charge in [-0.15, -0.1) is 0 Å². The highest BCUT2D eigenvalue weighted by Crippen LogP contribution is 2.16. The molecule has 0 bridgehead atoms.